The summed E-state index contributed by atoms with van der Waals surface area (Å²) in [6, 6.07) is 3.83. The summed E-state index contributed by atoms with van der Waals surface area (Å²) in [6.45, 7) is 7.56. The molecule has 0 aliphatic rings. The number of hydrogen-bond donors (Lipinski definition) is 1. The van der Waals surface area contributed by atoms with Gasteiger partial charge in [-0.05, 0) is 32.4 Å². The van der Waals surface area contributed by atoms with Crippen molar-refractivity contribution in [3.63, 3.8) is 0 Å². The Bertz CT molecular complexity index is 538. The van der Waals surface area contributed by atoms with Crippen LogP contribution in [0.15, 0.2) is 24.7 Å². The van der Waals surface area contributed by atoms with E-state index in [1.165, 1.54) is 0 Å². The molecule has 0 atom stereocenters. The molecule has 2 heterocycles. The van der Waals surface area contributed by atoms with Crippen LogP contribution in [0.2, 0.25) is 0 Å². The van der Waals surface area contributed by atoms with Gasteiger partial charge in [0.25, 0.3) is 0 Å². The van der Waals surface area contributed by atoms with Gasteiger partial charge in [-0.1, -0.05) is 6.92 Å². The van der Waals surface area contributed by atoms with E-state index in [0.717, 1.165) is 24.5 Å². The molecule has 0 spiro atoms. The largest absolute Gasteiger partial charge is 0.473 e. The molecule has 20 heavy (non-hydrogen) atoms. The number of aromatic nitrogens is 4. The molecule has 2 aromatic rings. The van der Waals surface area contributed by atoms with Crippen molar-refractivity contribution in [2.24, 2.45) is 0 Å². The van der Waals surface area contributed by atoms with Crippen LogP contribution in [-0.2, 0) is 13.1 Å². The first-order valence-electron chi connectivity index (χ1n) is 6.93. The molecule has 0 saturated carbocycles. The van der Waals surface area contributed by atoms with Crippen LogP contribution in [0, 0.1) is 0 Å². The van der Waals surface area contributed by atoms with E-state index in [1.807, 2.05) is 30.7 Å². The van der Waals surface area contributed by atoms with Crippen molar-refractivity contribution < 1.29 is 4.74 Å². The Kier molecular flexibility index (Phi) is 4.92. The maximum Gasteiger partial charge on any atom is 0.237 e. The SMILES string of the molecule is CCCn1ncnc1CNc1cccnc1OC(C)C. The van der Waals surface area contributed by atoms with Gasteiger partial charge in [0, 0.05) is 12.7 Å². The van der Waals surface area contributed by atoms with Crippen LogP contribution in [0.5, 0.6) is 5.88 Å². The lowest BCUT2D eigenvalue weighted by Gasteiger charge is -2.14. The first kappa shape index (κ1) is 14.3. The molecular formula is C14H21N5O. The van der Waals surface area contributed by atoms with Crippen LogP contribution in [0.25, 0.3) is 0 Å². The fraction of sp³-hybridized carbons (Fsp3) is 0.500. The number of hydrogen-bond acceptors (Lipinski definition) is 5. The minimum Gasteiger partial charge on any atom is -0.473 e. The molecule has 6 nitrogen and oxygen atoms in total. The summed E-state index contributed by atoms with van der Waals surface area (Å²) in [7, 11) is 0. The Morgan fingerprint density at radius 1 is 1.35 bits per heavy atom. The molecule has 2 aromatic heterocycles. The number of pyridine rings is 1. The van der Waals surface area contributed by atoms with Crippen LogP contribution in [-0.4, -0.2) is 25.9 Å². The standard InChI is InChI=1S/C14H21N5O/c1-4-8-19-13(17-10-18-19)9-16-12-6-5-7-15-14(12)20-11(2)3/h5-7,10-11,16H,4,8-9H2,1-3H3. The molecule has 0 saturated heterocycles. The summed E-state index contributed by atoms with van der Waals surface area (Å²) in [4.78, 5) is 8.52. The average molecular weight is 275 g/mol. The van der Waals surface area contributed by atoms with Gasteiger partial charge >= 0.3 is 0 Å². The van der Waals surface area contributed by atoms with Crippen molar-refractivity contribution in [1.82, 2.24) is 19.7 Å². The van der Waals surface area contributed by atoms with Gasteiger partial charge in [-0.25, -0.2) is 14.6 Å². The van der Waals surface area contributed by atoms with E-state index in [1.54, 1.807) is 12.5 Å². The predicted molar refractivity (Wildman–Crippen MR) is 77.6 cm³/mol. The van der Waals surface area contributed by atoms with Crippen LogP contribution in [0.1, 0.15) is 33.0 Å². The van der Waals surface area contributed by atoms with E-state index in [0.29, 0.717) is 12.4 Å². The normalized spacial score (nSPS) is 10.8. The summed E-state index contributed by atoms with van der Waals surface area (Å²) in [6.07, 6.45) is 4.43. The summed E-state index contributed by atoms with van der Waals surface area (Å²) >= 11 is 0. The van der Waals surface area contributed by atoms with E-state index in [-0.39, 0.29) is 6.10 Å². The molecule has 1 N–H and O–H groups in total. The van der Waals surface area contributed by atoms with Gasteiger partial charge in [0.05, 0.1) is 18.3 Å². The smallest absolute Gasteiger partial charge is 0.237 e. The zero-order valence-electron chi connectivity index (χ0n) is 12.2. The molecule has 0 fully saturated rings. The number of nitrogens with one attached hydrogen (secondary N) is 1. The second kappa shape index (κ2) is 6.88. The first-order chi connectivity index (χ1) is 9.70. The molecule has 2 rings (SSSR count). The topological polar surface area (TPSA) is 64.9 Å². The monoisotopic (exact) mass is 275 g/mol. The Morgan fingerprint density at radius 3 is 2.95 bits per heavy atom. The Morgan fingerprint density at radius 2 is 2.20 bits per heavy atom. The van der Waals surface area contributed by atoms with E-state index in [2.05, 4.69) is 27.3 Å². The van der Waals surface area contributed by atoms with Crippen molar-refractivity contribution in [3.8, 4) is 5.88 Å². The summed E-state index contributed by atoms with van der Waals surface area (Å²) in [5.41, 5.74) is 0.868. The molecule has 0 bridgehead atoms. The number of nitrogens with zero attached hydrogens (tertiary/aromatic N) is 4. The third kappa shape index (κ3) is 3.69. The third-order valence-corrected chi connectivity index (χ3v) is 2.69. The van der Waals surface area contributed by atoms with Crippen molar-refractivity contribution in [3.05, 3.63) is 30.5 Å². The van der Waals surface area contributed by atoms with Gasteiger partial charge in [0.1, 0.15) is 12.2 Å². The highest BCUT2D eigenvalue weighted by atomic mass is 16.5. The van der Waals surface area contributed by atoms with Gasteiger partial charge < -0.3 is 10.1 Å². The third-order valence-electron chi connectivity index (χ3n) is 2.69. The van der Waals surface area contributed by atoms with Crippen molar-refractivity contribution in [2.75, 3.05) is 5.32 Å². The van der Waals surface area contributed by atoms with E-state index >= 15 is 0 Å². The summed E-state index contributed by atoms with van der Waals surface area (Å²) in [5, 5.41) is 7.52. The van der Waals surface area contributed by atoms with Gasteiger partial charge in [0.15, 0.2) is 0 Å². The van der Waals surface area contributed by atoms with Gasteiger partial charge in [-0.15, -0.1) is 0 Å². The zero-order chi connectivity index (χ0) is 14.4. The predicted octanol–water partition coefficient (Wildman–Crippen LogP) is 2.48. The Balaban J connectivity index is 2.05. The minimum atomic E-state index is 0.0918. The second-order valence-corrected chi connectivity index (χ2v) is 4.78. The molecule has 0 aliphatic carbocycles. The molecule has 0 unspecified atom stereocenters. The average Bonchev–Trinajstić information content (AvgIpc) is 2.85. The van der Waals surface area contributed by atoms with Crippen LogP contribution < -0.4 is 10.1 Å². The van der Waals surface area contributed by atoms with Crippen LogP contribution in [0.3, 0.4) is 0 Å². The number of rotatable bonds is 7. The van der Waals surface area contributed by atoms with Crippen molar-refractivity contribution in [1.29, 1.82) is 0 Å². The Labute approximate surface area is 119 Å². The maximum atomic E-state index is 5.68. The van der Waals surface area contributed by atoms with Crippen molar-refractivity contribution in [2.45, 2.75) is 46.4 Å². The molecule has 108 valence electrons. The van der Waals surface area contributed by atoms with E-state index < -0.39 is 0 Å². The molecule has 0 aliphatic heterocycles. The fourth-order valence-electron chi connectivity index (χ4n) is 1.84. The summed E-state index contributed by atoms with van der Waals surface area (Å²) in [5.74, 6) is 1.52. The van der Waals surface area contributed by atoms with E-state index in [9.17, 15) is 0 Å². The minimum absolute atomic E-state index is 0.0918. The van der Waals surface area contributed by atoms with Crippen molar-refractivity contribution >= 4 is 5.69 Å². The molecular weight excluding hydrogens is 254 g/mol. The summed E-state index contributed by atoms with van der Waals surface area (Å²) < 4.78 is 7.59. The first-order valence-corrected chi connectivity index (χ1v) is 6.93. The van der Waals surface area contributed by atoms with Crippen LogP contribution in [0.4, 0.5) is 5.69 Å². The molecule has 0 amide bonds. The lowest BCUT2D eigenvalue weighted by Crippen LogP contribution is -2.12. The highest BCUT2D eigenvalue weighted by Gasteiger charge is 2.08. The highest BCUT2D eigenvalue weighted by Crippen LogP contribution is 2.22. The van der Waals surface area contributed by atoms with Gasteiger partial charge in [0.2, 0.25) is 5.88 Å². The molecule has 6 heteroatoms. The quantitative estimate of drug-likeness (QED) is 0.841. The van der Waals surface area contributed by atoms with E-state index in [4.69, 9.17) is 4.74 Å². The Hall–Kier alpha value is -2.11. The lowest BCUT2D eigenvalue weighted by atomic mass is 10.3. The highest BCUT2D eigenvalue weighted by molar-refractivity contribution is 5.52. The zero-order valence-corrected chi connectivity index (χ0v) is 12.2. The fourth-order valence-corrected chi connectivity index (χ4v) is 1.84. The molecule has 0 radical (unpaired) electrons. The number of anilines is 1. The van der Waals surface area contributed by atoms with Gasteiger partial charge in [-0.3, -0.25) is 0 Å². The molecule has 0 aromatic carbocycles. The maximum absolute atomic E-state index is 5.68. The number of ether oxygens (including phenoxy) is 1. The lowest BCUT2D eigenvalue weighted by molar-refractivity contribution is 0.234. The van der Waals surface area contributed by atoms with Gasteiger partial charge in [-0.2, -0.15) is 5.10 Å². The number of aryl methyl sites for hydroxylation is 1. The second-order valence-electron chi connectivity index (χ2n) is 4.78. The van der Waals surface area contributed by atoms with Crippen LogP contribution >= 0.6 is 0 Å².